The second kappa shape index (κ2) is 4.67. The topological polar surface area (TPSA) is 42.1 Å². The molecule has 0 amide bonds. The summed E-state index contributed by atoms with van der Waals surface area (Å²) in [6, 6.07) is 5.49. The Morgan fingerprint density at radius 1 is 1.29 bits per heavy atom. The van der Waals surface area contributed by atoms with E-state index in [0.29, 0.717) is 6.04 Å². The van der Waals surface area contributed by atoms with Gasteiger partial charge in [0.25, 0.3) is 0 Å². The highest BCUT2D eigenvalue weighted by molar-refractivity contribution is 9.10. The number of aromatic nitrogens is 1. The van der Waals surface area contributed by atoms with Gasteiger partial charge in [-0.25, -0.2) is 0 Å². The van der Waals surface area contributed by atoms with Crippen molar-refractivity contribution >= 4 is 15.9 Å². The van der Waals surface area contributed by atoms with Crippen LogP contribution in [0.2, 0.25) is 0 Å². The lowest BCUT2D eigenvalue weighted by Crippen LogP contribution is -2.47. The standard InChI is InChI=1S/C13H18BrN3/c14-9-3-6-12(16-8-9)13-11(15)2-1-7-17(13)10-4-5-10/h3,6,8,10-11,13H,1-2,4-5,7,15H2. The van der Waals surface area contributed by atoms with Crippen LogP contribution in [0.4, 0.5) is 0 Å². The first kappa shape index (κ1) is 11.6. The van der Waals surface area contributed by atoms with Crippen molar-refractivity contribution in [3.8, 4) is 0 Å². The zero-order valence-corrected chi connectivity index (χ0v) is 11.4. The Morgan fingerprint density at radius 2 is 2.12 bits per heavy atom. The molecule has 1 aromatic rings. The smallest absolute Gasteiger partial charge is 0.0676 e. The van der Waals surface area contributed by atoms with E-state index in [9.17, 15) is 0 Å². The monoisotopic (exact) mass is 295 g/mol. The van der Waals surface area contributed by atoms with E-state index in [1.807, 2.05) is 6.20 Å². The van der Waals surface area contributed by atoms with Crippen molar-refractivity contribution in [1.82, 2.24) is 9.88 Å². The van der Waals surface area contributed by atoms with Crippen molar-refractivity contribution in [3.05, 3.63) is 28.5 Å². The Bertz CT molecular complexity index is 388. The molecule has 3 nitrogen and oxygen atoms in total. The van der Waals surface area contributed by atoms with E-state index >= 15 is 0 Å². The average Bonchev–Trinajstić information content (AvgIpc) is 3.14. The predicted molar refractivity (Wildman–Crippen MR) is 71.6 cm³/mol. The van der Waals surface area contributed by atoms with Crippen molar-refractivity contribution in [2.45, 2.75) is 43.8 Å². The van der Waals surface area contributed by atoms with E-state index in [1.165, 1.54) is 25.8 Å². The van der Waals surface area contributed by atoms with Crippen LogP contribution in [-0.4, -0.2) is 28.5 Å². The van der Waals surface area contributed by atoms with Crippen molar-refractivity contribution < 1.29 is 0 Å². The van der Waals surface area contributed by atoms with Gasteiger partial charge in [0.05, 0.1) is 11.7 Å². The van der Waals surface area contributed by atoms with Gasteiger partial charge in [-0.05, 0) is 60.3 Å². The van der Waals surface area contributed by atoms with Crippen LogP contribution >= 0.6 is 15.9 Å². The Labute approximate surface area is 111 Å². The van der Waals surface area contributed by atoms with E-state index in [0.717, 1.165) is 22.6 Å². The Kier molecular flexibility index (Phi) is 3.19. The highest BCUT2D eigenvalue weighted by atomic mass is 79.9. The molecule has 0 aromatic carbocycles. The van der Waals surface area contributed by atoms with E-state index in [2.05, 4.69) is 37.9 Å². The van der Waals surface area contributed by atoms with Crippen molar-refractivity contribution in [1.29, 1.82) is 0 Å². The molecule has 1 aliphatic carbocycles. The van der Waals surface area contributed by atoms with E-state index in [-0.39, 0.29) is 6.04 Å². The van der Waals surface area contributed by atoms with Crippen molar-refractivity contribution in [2.75, 3.05) is 6.54 Å². The van der Waals surface area contributed by atoms with Crippen LogP contribution in [0, 0.1) is 0 Å². The first-order chi connectivity index (χ1) is 8.25. The largest absolute Gasteiger partial charge is 0.326 e. The molecule has 2 heterocycles. The zero-order valence-electron chi connectivity index (χ0n) is 9.85. The molecule has 92 valence electrons. The van der Waals surface area contributed by atoms with Gasteiger partial charge in [-0.15, -0.1) is 0 Å². The number of halogens is 1. The molecule has 0 radical (unpaired) electrons. The molecule has 1 aliphatic heterocycles. The summed E-state index contributed by atoms with van der Waals surface area (Å²) in [6.07, 6.45) is 6.89. The summed E-state index contributed by atoms with van der Waals surface area (Å²) in [5.41, 5.74) is 7.44. The lowest BCUT2D eigenvalue weighted by Gasteiger charge is -2.39. The molecule has 1 saturated heterocycles. The molecule has 2 aliphatic rings. The molecule has 0 spiro atoms. The zero-order chi connectivity index (χ0) is 11.8. The molecule has 2 fully saturated rings. The lowest BCUT2D eigenvalue weighted by atomic mass is 9.93. The fourth-order valence-electron chi connectivity index (χ4n) is 2.82. The highest BCUT2D eigenvalue weighted by Gasteiger charge is 2.39. The van der Waals surface area contributed by atoms with Gasteiger partial charge in [0.15, 0.2) is 0 Å². The van der Waals surface area contributed by atoms with E-state index in [1.54, 1.807) is 0 Å². The summed E-state index contributed by atoms with van der Waals surface area (Å²) in [5, 5.41) is 0. The Morgan fingerprint density at radius 3 is 2.76 bits per heavy atom. The normalized spacial score (nSPS) is 30.5. The number of rotatable bonds is 2. The quantitative estimate of drug-likeness (QED) is 0.911. The maximum atomic E-state index is 6.31. The molecule has 3 rings (SSSR count). The third-order valence-electron chi connectivity index (χ3n) is 3.79. The van der Waals surface area contributed by atoms with Crippen molar-refractivity contribution in [3.63, 3.8) is 0 Å². The van der Waals surface area contributed by atoms with E-state index < -0.39 is 0 Å². The molecule has 1 saturated carbocycles. The van der Waals surface area contributed by atoms with Gasteiger partial charge in [-0.2, -0.15) is 0 Å². The number of nitrogens with zero attached hydrogens (tertiary/aromatic N) is 2. The first-order valence-corrected chi connectivity index (χ1v) is 7.18. The minimum Gasteiger partial charge on any atom is -0.326 e. The highest BCUT2D eigenvalue weighted by Crippen LogP contribution is 2.38. The lowest BCUT2D eigenvalue weighted by molar-refractivity contribution is 0.116. The number of hydrogen-bond donors (Lipinski definition) is 1. The van der Waals surface area contributed by atoms with Crippen LogP contribution < -0.4 is 5.73 Å². The molecule has 2 unspecified atom stereocenters. The Hall–Kier alpha value is -0.450. The van der Waals surface area contributed by atoms with E-state index in [4.69, 9.17) is 5.73 Å². The third kappa shape index (κ3) is 2.39. The Balaban J connectivity index is 1.87. The summed E-state index contributed by atoms with van der Waals surface area (Å²) >= 11 is 3.43. The predicted octanol–water partition coefficient (Wildman–Crippen LogP) is 2.47. The van der Waals surface area contributed by atoms with Gasteiger partial charge in [0, 0.05) is 22.8 Å². The van der Waals surface area contributed by atoms with Gasteiger partial charge in [-0.3, -0.25) is 9.88 Å². The average molecular weight is 296 g/mol. The van der Waals surface area contributed by atoms with Crippen LogP contribution in [0.15, 0.2) is 22.8 Å². The van der Waals surface area contributed by atoms with Crippen LogP contribution in [0.25, 0.3) is 0 Å². The maximum Gasteiger partial charge on any atom is 0.0676 e. The number of piperidine rings is 1. The number of pyridine rings is 1. The molecular weight excluding hydrogens is 278 g/mol. The van der Waals surface area contributed by atoms with Crippen LogP contribution in [0.5, 0.6) is 0 Å². The van der Waals surface area contributed by atoms with Gasteiger partial charge < -0.3 is 5.73 Å². The molecule has 17 heavy (non-hydrogen) atoms. The van der Waals surface area contributed by atoms with Crippen LogP contribution in [-0.2, 0) is 0 Å². The van der Waals surface area contributed by atoms with Crippen LogP contribution in [0.3, 0.4) is 0 Å². The minimum absolute atomic E-state index is 0.234. The maximum absolute atomic E-state index is 6.31. The minimum atomic E-state index is 0.234. The fourth-order valence-corrected chi connectivity index (χ4v) is 3.05. The summed E-state index contributed by atoms with van der Waals surface area (Å²) in [7, 11) is 0. The SMILES string of the molecule is NC1CCCN(C2CC2)C1c1ccc(Br)cn1. The second-order valence-electron chi connectivity index (χ2n) is 5.12. The van der Waals surface area contributed by atoms with Gasteiger partial charge in [-0.1, -0.05) is 0 Å². The molecule has 0 bridgehead atoms. The summed E-state index contributed by atoms with van der Waals surface area (Å²) in [6.45, 7) is 1.18. The van der Waals surface area contributed by atoms with Gasteiger partial charge >= 0.3 is 0 Å². The fraction of sp³-hybridized carbons (Fsp3) is 0.615. The summed E-state index contributed by atoms with van der Waals surface area (Å²) < 4.78 is 1.03. The third-order valence-corrected chi connectivity index (χ3v) is 4.25. The van der Waals surface area contributed by atoms with Crippen LogP contribution in [0.1, 0.15) is 37.4 Å². The number of nitrogens with two attached hydrogens (primary N) is 1. The molecular formula is C13H18BrN3. The number of hydrogen-bond acceptors (Lipinski definition) is 3. The molecule has 4 heteroatoms. The number of likely N-dealkylation sites (tertiary alicyclic amines) is 1. The van der Waals surface area contributed by atoms with Crippen molar-refractivity contribution in [2.24, 2.45) is 5.73 Å². The van der Waals surface area contributed by atoms with Gasteiger partial charge in [0.1, 0.15) is 0 Å². The first-order valence-electron chi connectivity index (χ1n) is 6.38. The summed E-state index contributed by atoms with van der Waals surface area (Å²) in [4.78, 5) is 7.12. The molecule has 1 aromatic heterocycles. The van der Waals surface area contributed by atoms with Gasteiger partial charge in [0.2, 0.25) is 0 Å². The second-order valence-corrected chi connectivity index (χ2v) is 6.04. The summed E-state index contributed by atoms with van der Waals surface area (Å²) in [5.74, 6) is 0. The molecule has 2 N–H and O–H groups in total. The molecule has 2 atom stereocenters.